The Morgan fingerprint density at radius 2 is 2.00 bits per heavy atom. The molecule has 0 bridgehead atoms. The smallest absolute Gasteiger partial charge is 0.255 e. The lowest BCUT2D eigenvalue weighted by molar-refractivity contribution is 0.0601. The maximum Gasteiger partial charge on any atom is 0.255 e. The molecule has 2 aliphatic rings. The third-order valence-corrected chi connectivity index (χ3v) is 6.22. The van der Waals surface area contributed by atoms with Crippen LogP contribution >= 0.6 is 11.6 Å². The fourth-order valence-corrected chi connectivity index (χ4v) is 4.97. The number of hydrogen-bond donors (Lipinski definition) is 0. The predicted molar refractivity (Wildman–Crippen MR) is 105 cm³/mol. The highest BCUT2D eigenvalue weighted by molar-refractivity contribution is 6.33. The van der Waals surface area contributed by atoms with Crippen LogP contribution < -0.4 is 0 Å². The van der Waals surface area contributed by atoms with Crippen LogP contribution in [0, 0.1) is 6.92 Å². The first-order valence-electron chi connectivity index (χ1n) is 9.32. The number of carbonyl (C=O) groups is 1. The van der Waals surface area contributed by atoms with Gasteiger partial charge in [0.1, 0.15) is 0 Å². The second-order valence-electron chi connectivity index (χ2n) is 7.42. The van der Waals surface area contributed by atoms with Crippen molar-refractivity contribution < 1.29 is 4.79 Å². The van der Waals surface area contributed by atoms with E-state index in [1.807, 2.05) is 23.1 Å². The van der Waals surface area contributed by atoms with Gasteiger partial charge >= 0.3 is 0 Å². The van der Waals surface area contributed by atoms with Crippen molar-refractivity contribution in [3.8, 4) is 0 Å². The molecule has 0 fully saturated rings. The Bertz CT molecular complexity index is 1040. The summed E-state index contributed by atoms with van der Waals surface area (Å²) in [5.74, 6) is 0.0566. The number of amides is 1. The normalized spacial score (nSPS) is 18.8. The van der Waals surface area contributed by atoms with Gasteiger partial charge in [-0.15, -0.1) is 0 Å². The number of carbonyl (C=O) groups excluding carboxylic acids is 1. The molecule has 0 N–H and O–H groups in total. The van der Waals surface area contributed by atoms with Crippen LogP contribution in [0.3, 0.4) is 0 Å². The van der Waals surface area contributed by atoms with Crippen molar-refractivity contribution in [3.05, 3.63) is 69.9 Å². The van der Waals surface area contributed by atoms with Crippen LogP contribution in [0.25, 0.3) is 10.9 Å². The Balaban J connectivity index is 1.64. The van der Waals surface area contributed by atoms with E-state index in [0.29, 0.717) is 10.6 Å². The number of fused-ring (bicyclic) bond motifs is 3. The van der Waals surface area contributed by atoms with Gasteiger partial charge in [0, 0.05) is 29.7 Å². The molecule has 0 saturated carbocycles. The molecular weight excluding hydrogens is 344 g/mol. The van der Waals surface area contributed by atoms with Crippen LogP contribution in [-0.2, 0) is 13.0 Å². The van der Waals surface area contributed by atoms with Crippen molar-refractivity contribution in [2.75, 3.05) is 6.54 Å². The minimum Gasteiger partial charge on any atom is -0.341 e. The summed E-state index contributed by atoms with van der Waals surface area (Å²) in [5, 5.41) is 1.91. The van der Waals surface area contributed by atoms with Crippen molar-refractivity contribution in [3.63, 3.8) is 0 Å². The van der Waals surface area contributed by atoms with Crippen molar-refractivity contribution in [1.82, 2.24) is 9.47 Å². The molecule has 2 aromatic carbocycles. The second kappa shape index (κ2) is 5.88. The maximum atomic E-state index is 13.2. The van der Waals surface area contributed by atoms with Crippen LogP contribution in [0.5, 0.6) is 0 Å². The van der Waals surface area contributed by atoms with E-state index in [2.05, 4.69) is 29.7 Å². The fraction of sp³-hybridized carbons (Fsp3) is 0.318. The third kappa shape index (κ3) is 2.23. The van der Waals surface area contributed by atoms with Gasteiger partial charge in [0.2, 0.25) is 0 Å². The Hall–Kier alpha value is -2.26. The molecule has 1 aliphatic heterocycles. The zero-order valence-electron chi connectivity index (χ0n) is 14.8. The molecule has 4 heteroatoms. The van der Waals surface area contributed by atoms with E-state index >= 15 is 0 Å². The van der Waals surface area contributed by atoms with Gasteiger partial charge < -0.3 is 9.47 Å². The molecule has 1 aliphatic carbocycles. The summed E-state index contributed by atoms with van der Waals surface area (Å²) in [6.07, 6.45) is 3.25. The molecule has 0 spiro atoms. The van der Waals surface area contributed by atoms with Gasteiger partial charge in [-0.3, -0.25) is 4.79 Å². The molecule has 26 heavy (non-hydrogen) atoms. The summed E-state index contributed by atoms with van der Waals surface area (Å²) < 4.78 is 2.45. The molecule has 1 atom stereocenters. The Kier molecular flexibility index (Phi) is 3.61. The summed E-state index contributed by atoms with van der Waals surface area (Å²) >= 11 is 6.30. The predicted octanol–water partition coefficient (Wildman–Crippen LogP) is 5.14. The summed E-state index contributed by atoms with van der Waals surface area (Å²) in [4.78, 5) is 15.3. The van der Waals surface area contributed by atoms with Crippen molar-refractivity contribution in [1.29, 1.82) is 0 Å². The van der Waals surface area contributed by atoms with Gasteiger partial charge in [0.05, 0.1) is 16.6 Å². The van der Waals surface area contributed by atoms with E-state index in [4.69, 9.17) is 11.6 Å². The van der Waals surface area contributed by atoms with Crippen LogP contribution in [0.15, 0.2) is 42.5 Å². The highest BCUT2D eigenvalue weighted by atomic mass is 35.5. The minimum absolute atomic E-state index is 0.0566. The van der Waals surface area contributed by atoms with Crippen LogP contribution in [0.2, 0.25) is 5.02 Å². The average Bonchev–Trinajstić information content (AvgIpc) is 2.97. The second-order valence-corrected chi connectivity index (χ2v) is 7.83. The summed E-state index contributed by atoms with van der Waals surface area (Å²) in [7, 11) is 0. The number of aryl methyl sites for hydroxylation is 2. The molecule has 1 aromatic heterocycles. The number of benzene rings is 2. The van der Waals surface area contributed by atoms with Crippen LogP contribution in [0.1, 0.15) is 46.1 Å². The number of nitrogens with zero attached hydrogens (tertiary/aromatic N) is 2. The van der Waals surface area contributed by atoms with Gasteiger partial charge in [-0.2, -0.15) is 0 Å². The monoisotopic (exact) mass is 364 g/mol. The minimum atomic E-state index is 0.0566. The Morgan fingerprint density at radius 1 is 1.15 bits per heavy atom. The topological polar surface area (TPSA) is 25.2 Å². The zero-order chi connectivity index (χ0) is 17.8. The molecule has 5 rings (SSSR count). The van der Waals surface area contributed by atoms with Crippen LogP contribution in [0.4, 0.5) is 0 Å². The van der Waals surface area contributed by atoms with Gasteiger partial charge in [-0.1, -0.05) is 35.4 Å². The number of rotatable bonds is 1. The first-order valence-corrected chi connectivity index (χ1v) is 9.70. The van der Waals surface area contributed by atoms with Gasteiger partial charge in [0.25, 0.3) is 5.91 Å². The number of hydrogen-bond acceptors (Lipinski definition) is 1. The van der Waals surface area contributed by atoms with Crippen LogP contribution in [-0.4, -0.2) is 21.9 Å². The van der Waals surface area contributed by atoms with E-state index in [9.17, 15) is 4.79 Å². The summed E-state index contributed by atoms with van der Waals surface area (Å²) in [6, 6.07) is 14.3. The molecule has 3 aromatic rings. The molecule has 1 amide bonds. The molecule has 0 radical (unpaired) electrons. The van der Waals surface area contributed by atoms with E-state index < -0.39 is 0 Å². The summed E-state index contributed by atoms with van der Waals surface area (Å²) in [5.41, 5.74) is 6.02. The van der Waals surface area contributed by atoms with Crippen molar-refractivity contribution in [2.45, 2.75) is 38.8 Å². The van der Waals surface area contributed by atoms with Gasteiger partial charge in [0.15, 0.2) is 0 Å². The highest BCUT2D eigenvalue weighted by Crippen LogP contribution is 2.43. The van der Waals surface area contributed by atoms with E-state index in [-0.39, 0.29) is 11.9 Å². The first kappa shape index (κ1) is 16.0. The first-order chi connectivity index (χ1) is 12.6. The lowest BCUT2D eigenvalue weighted by Crippen LogP contribution is -2.43. The maximum absolute atomic E-state index is 13.2. The SMILES string of the molecule is Cc1ccc2c(c1)c1c3n2CCN(C(=O)c2ccccc2Cl)C3CCC1. The lowest BCUT2D eigenvalue weighted by Gasteiger charge is -2.40. The highest BCUT2D eigenvalue weighted by Gasteiger charge is 2.37. The summed E-state index contributed by atoms with van der Waals surface area (Å²) in [6.45, 7) is 3.73. The number of halogens is 1. The van der Waals surface area contributed by atoms with Gasteiger partial charge in [-0.05, 0) is 56.0 Å². The largest absolute Gasteiger partial charge is 0.341 e. The van der Waals surface area contributed by atoms with E-state index in [0.717, 1.165) is 32.4 Å². The van der Waals surface area contributed by atoms with Gasteiger partial charge in [-0.25, -0.2) is 0 Å². The molecule has 132 valence electrons. The van der Waals surface area contributed by atoms with E-state index in [1.165, 1.54) is 27.7 Å². The molecule has 0 saturated heterocycles. The lowest BCUT2D eigenvalue weighted by atomic mass is 9.89. The Labute approximate surface area is 158 Å². The Morgan fingerprint density at radius 3 is 2.85 bits per heavy atom. The molecule has 3 nitrogen and oxygen atoms in total. The quantitative estimate of drug-likeness (QED) is 0.587. The molecule has 2 heterocycles. The zero-order valence-corrected chi connectivity index (χ0v) is 15.6. The van der Waals surface area contributed by atoms with Crippen molar-refractivity contribution in [2.24, 2.45) is 0 Å². The standard InChI is InChI=1S/C22H21ClN2O/c1-14-9-10-19-17(13-14)15-6-4-8-20-21(15)24(19)11-12-25(20)22(26)16-5-2-3-7-18(16)23/h2-3,5,7,9-10,13,20H,4,6,8,11-12H2,1H3. The van der Waals surface area contributed by atoms with E-state index in [1.54, 1.807) is 6.07 Å². The average molecular weight is 365 g/mol. The fourth-order valence-electron chi connectivity index (χ4n) is 4.75. The molecule has 1 unspecified atom stereocenters. The third-order valence-electron chi connectivity index (χ3n) is 5.89. The molecular formula is C22H21ClN2O. The number of aromatic nitrogens is 1. The van der Waals surface area contributed by atoms with Crippen molar-refractivity contribution >= 4 is 28.4 Å².